The first-order chi connectivity index (χ1) is 16.9. The van der Waals surface area contributed by atoms with E-state index >= 15 is 0 Å². The normalized spacial score (nSPS) is 11.9. The highest BCUT2D eigenvalue weighted by Gasteiger charge is 2.12. The van der Waals surface area contributed by atoms with Gasteiger partial charge in [-0.1, -0.05) is 35.9 Å². The molecule has 0 heterocycles. The predicted molar refractivity (Wildman–Crippen MR) is 143 cm³/mol. The fourth-order valence-electron chi connectivity index (χ4n) is 4.16. The third-order valence-corrected chi connectivity index (χ3v) is 5.96. The number of phenols is 1. The number of azo groups is 2. The average molecular weight is 460 g/mol. The number of hydrogen-bond acceptors (Lipinski definition) is 6. The number of fused-ring (bicyclic) bond motifs is 2. The molecule has 0 aromatic heterocycles. The number of aryl methyl sites for hydroxylation is 3. The molecule has 172 valence electrons. The van der Waals surface area contributed by atoms with E-state index in [9.17, 15) is 5.11 Å². The lowest BCUT2D eigenvalue weighted by molar-refractivity contribution is 0.482. The van der Waals surface area contributed by atoms with Gasteiger partial charge in [0.2, 0.25) is 0 Å². The van der Waals surface area contributed by atoms with E-state index < -0.39 is 0 Å². The average Bonchev–Trinajstić information content (AvgIpc) is 2.83. The number of nitrogens with two attached hydrogens (primary N) is 1. The molecule has 0 bridgehead atoms. The van der Waals surface area contributed by atoms with Gasteiger partial charge in [-0.2, -0.15) is 5.11 Å². The molecular formula is C29H25N5O. The fraction of sp³-hybridized carbons (Fsp3) is 0.103. The third kappa shape index (κ3) is 4.46. The number of nitrogen functional groups attached to an aromatic ring is 1. The molecule has 0 fully saturated rings. The molecular weight excluding hydrogens is 434 g/mol. The molecule has 0 aliphatic heterocycles. The van der Waals surface area contributed by atoms with Gasteiger partial charge in [0.1, 0.15) is 5.69 Å². The van der Waals surface area contributed by atoms with Crippen LogP contribution < -0.4 is 5.73 Å². The molecule has 5 aromatic carbocycles. The molecule has 0 radical (unpaired) electrons. The van der Waals surface area contributed by atoms with Gasteiger partial charge < -0.3 is 10.8 Å². The summed E-state index contributed by atoms with van der Waals surface area (Å²) < 4.78 is 0. The van der Waals surface area contributed by atoms with Gasteiger partial charge in [-0.25, -0.2) is 0 Å². The summed E-state index contributed by atoms with van der Waals surface area (Å²) in [4.78, 5) is 0. The summed E-state index contributed by atoms with van der Waals surface area (Å²) in [6.45, 7) is 5.97. The number of nitrogens with zero attached hydrogens (tertiary/aromatic N) is 4. The molecule has 3 N–H and O–H groups in total. The number of phenolic OH excluding ortho intramolecular Hbond substituents is 1. The van der Waals surface area contributed by atoms with E-state index in [1.54, 1.807) is 6.07 Å². The topological polar surface area (TPSA) is 95.7 Å². The van der Waals surface area contributed by atoms with Crippen molar-refractivity contribution in [3.63, 3.8) is 0 Å². The molecule has 5 rings (SSSR count). The number of hydrogen-bond donors (Lipinski definition) is 2. The van der Waals surface area contributed by atoms with E-state index in [0.29, 0.717) is 22.4 Å². The molecule has 6 heteroatoms. The highest BCUT2D eigenvalue weighted by molar-refractivity contribution is 6.00. The zero-order chi connectivity index (χ0) is 24.5. The van der Waals surface area contributed by atoms with Gasteiger partial charge in [0, 0.05) is 21.8 Å². The van der Waals surface area contributed by atoms with Crippen molar-refractivity contribution in [1.82, 2.24) is 0 Å². The SMILES string of the molecule is Cc1cccc(N=Nc2ccc(N=Nc3c(C)cc4ccc(N)cc4c3O)c3cc(C)ccc23)c1. The van der Waals surface area contributed by atoms with Gasteiger partial charge in [-0.15, -0.1) is 15.3 Å². The van der Waals surface area contributed by atoms with Crippen LogP contribution in [0, 0.1) is 20.8 Å². The Bertz CT molecular complexity index is 1650. The second kappa shape index (κ2) is 8.99. The maximum absolute atomic E-state index is 10.9. The van der Waals surface area contributed by atoms with Gasteiger partial charge in [0.05, 0.1) is 17.1 Å². The standard InChI is InChI=1S/C29H25N5O/c1-17-5-4-6-22(13-17)31-32-26-11-12-27(25-14-18(2)7-10-23(25)26)33-34-28-19(3)15-20-8-9-21(30)16-24(20)29(28)35/h4-16,35H,30H2,1-3H3. The van der Waals surface area contributed by atoms with Crippen LogP contribution in [0.4, 0.5) is 28.4 Å². The molecule has 0 saturated heterocycles. The van der Waals surface area contributed by atoms with Crippen molar-refractivity contribution in [2.24, 2.45) is 20.5 Å². The van der Waals surface area contributed by atoms with Gasteiger partial charge in [0.25, 0.3) is 0 Å². The van der Waals surface area contributed by atoms with E-state index in [2.05, 4.69) is 26.5 Å². The smallest absolute Gasteiger partial charge is 0.151 e. The van der Waals surface area contributed by atoms with Crippen molar-refractivity contribution >= 4 is 50.0 Å². The number of benzene rings is 5. The van der Waals surface area contributed by atoms with E-state index in [4.69, 9.17) is 5.73 Å². The molecule has 0 atom stereocenters. The van der Waals surface area contributed by atoms with Gasteiger partial charge in [-0.05, 0) is 85.8 Å². The summed E-state index contributed by atoms with van der Waals surface area (Å²) >= 11 is 0. The Kier molecular flexibility index (Phi) is 5.71. The van der Waals surface area contributed by atoms with Crippen LogP contribution in [-0.2, 0) is 0 Å². The summed E-state index contributed by atoms with van der Waals surface area (Å²) in [6.07, 6.45) is 0. The highest BCUT2D eigenvalue weighted by atomic mass is 16.3. The molecule has 0 saturated carbocycles. The van der Waals surface area contributed by atoms with Crippen molar-refractivity contribution < 1.29 is 5.11 Å². The first-order valence-corrected chi connectivity index (χ1v) is 11.3. The summed E-state index contributed by atoms with van der Waals surface area (Å²) in [5.74, 6) is 0.0695. The van der Waals surface area contributed by atoms with Crippen LogP contribution in [0.3, 0.4) is 0 Å². The maximum atomic E-state index is 10.9. The Morgan fingerprint density at radius 2 is 1.37 bits per heavy atom. The maximum Gasteiger partial charge on any atom is 0.151 e. The summed E-state index contributed by atoms with van der Waals surface area (Å²) in [7, 11) is 0. The zero-order valence-corrected chi connectivity index (χ0v) is 19.8. The molecule has 0 aliphatic carbocycles. The fourth-order valence-corrected chi connectivity index (χ4v) is 4.16. The van der Waals surface area contributed by atoms with E-state index in [1.807, 2.05) is 87.5 Å². The van der Waals surface area contributed by atoms with Crippen LogP contribution in [0.5, 0.6) is 5.75 Å². The van der Waals surface area contributed by atoms with Crippen LogP contribution in [0.15, 0.2) is 99.3 Å². The van der Waals surface area contributed by atoms with Crippen LogP contribution in [0.1, 0.15) is 16.7 Å². The minimum atomic E-state index is 0.0695. The lowest BCUT2D eigenvalue weighted by Crippen LogP contribution is -1.86. The van der Waals surface area contributed by atoms with Crippen molar-refractivity contribution in [3.05, 3.63) is 95.6 Å². The zero-order valence-electron chi connectivity index (χ0n) is 19.8. The first-order valence-electron chi connectivity index (χ1n) is 11.3. The van der Waals surface area contributed by atoms with E-state index in [1.165, 1.54) is 0 Å². The van der Waals surface area contributed by atoms with Crippen molar-refractivity contribution in [3.8, 4) is 5.75 Å². The largest absolute Gasteiger partial charge is 0.505 e. The van der Waals surface area contributed by atoms with E-state index in [0.717, 1.165) is 44.2 Å². The van der Waals surface area contributed by atoms with Gasteiger partial charge in [0.15, 0.2) is 5.75 Å². The number of rotatable bonds is 4. The second-order valence-electron chi connectivity index (χ2n) is 8.76. The minimum absolute atomic E-state index is 0.0695. The molecule has 0 aliphatic rings. The Hall–Kier alpha value is -4.58. The van der Waals surface area contributed by atoms with Crippen molar-refractivity contribution in [2.75, 3.05) is 5.73 Å². The lowest BCUT2D eigenvalue weighted by atomic mass is 10.0. The summed E-state index contributed by atoms with van der Waals surface area (Å²) in [5.41, 5.74) is 12.2. The van der Waals surface area contributed by atoms with Crippen LogP contribution in [-0.4, -0.2) is 5.11 Å². The van der Waals surface area contributed by atoms with Crippen molar-refractivity contribution in [2.45, 2.75) is 20.8 Å². The monoisotopic (exact) mass is 459 g/mol. The Morgan fingerprint density at radius 1 is 0.629 bits per heavy atom. The molecule has 0 amide bonds. The highest BCUT2D eigenvalue weighted by Crippen LogP contribution is 2.41. The Labute approximate surface area is 203 Å². The van der Waals surface area contributed by atoms with Gasteiger partial charge >= 0.3 is 0 Å². The Morgan fingerprint density at radius 3 is 2.17 bits per heavy atom. The predicted octanol–water partition coefficient (Wildman–Crippen LogP) is 9.04. The first kappa shape index (κ1) is 22.2. The van der Waals surface area contributed by atoms with Gasteiger partial charge in [-0.3, -0.25) is 0 Å². The summed E-state index contributed by atoms with van der Waals surface area (Å²) in [5, 5.41) is 32.2. The van der Waals surface area contributed by atoms with E-state index in [-0.39, 0.29) is 5.75 Å². The molecule has 0 unspecified atom stereocenters. The lowest BCUT2D eigenvalue weighted by Gasteiger charge is -2.09. The van der Waals surface area contributed by atoms with Crippen molar-refractivity contribution in [1.29, 1.82) is 0 Å². The molecule has 6 nitrogen and oxygen atoms in total. The molecule has 5 aromatic rings. The molecule has 0 spiro atoms. The van der Waals surface area contributed by atoms with Crippen LogP contribution in [0.25, 0.3) is 21.5 Å². The summed E-state index contributed by atoms with van der Waals surface area (Å²) in [6, 6.07) is 25.2. The molecule has 35 heavy (non-hydrogen) atoms. The van der Waals surface area contributed by atoms with Crippen LogP contribution in [0.2, 0.25) is 0 Å². The number of anilines is 1. The quantitative estimate of drug-likeness (QED) is 0.207. The Balaban J connectivity index is 1.58. The second-order valence-corrected chi connectivity index (χ2v) is 8.76. The number of aromatic hydroxyl groups is 1. The van der Waals surface area contributed by atoms with Crippen LogP contribution >= 0.6 is 0 Å². The minimum Gasteiger partial charge on any atom is -0.505 e. The third-order valence-electron chi connectivity index (χ3n) is 5.96.